The van der Waals surface area contributed by atoms with E-state index >= 15 is 0 Å². The minimum atomic E-state index is -1.55. The van der Waals surface area contributed by atoms with Gasteiger partial charge in [0.15, 0.2) is 11.6 Å². The Morgan fingerprint density at radius 1 is 0.956 bits per heavy atom. The van der Waals surface area contributed by atoms with Crippen molar-refractivity contribution in [1.82, 2.24) is 30.4 Å². The van der Waals surface area contributed by atoms with Crippen molar-refractivity contribution in [3.8, 4) is 23.5 Å². The monoisotopic (exact) mass is 661 g/mol. The minimum Gasteiger partial charge on any atom is -0.549 e. The van der Waals surface area contributed by atoms with Gasteiger partial charge < -0.3 is 19.8 Å². The van der Waals surface area contributed by atoms with Crippen LogP contribution in [0.4, 0.5) is 5.69 Å². The van der Waals surface area contributed by atoms with E-state index in [1.807, 2.05) is 0 Å². The molecule has 1 aromatic carbocycles. The number of aliphatic carboxylic acids is 2. The summed E-state index contributed by atoms with van der Waals surface area (Å²) in [5.41, 5.74) is 0.667. The molecule has 45 heavy (non-hydrogen) atoms. The number of aromatic amines is 2. The third-order valence-corrected chi connectivity index (χ3v) is 5.73. The molecule has 0 aliphatic rings. The van der Waals surface area contributed by atoms with Crippen molar-refractivity contribution in [2.75, 3.05) is 27.4 Å². The van der Waals surface area contributed by atoms with E-state index in [-0.39, 0.29) is 117 Å². The predicted molar refractivity (Wildman–Crippen MR) is 134 cm³/mol. The van der Waals surface area contributed by atoms with Crippen LogP contribution in [-0.2, 0) is 29.1 Å². The van der Waals surface area contributed by atoms with E-state index in [4.69, 9.17) is 5.26 Å². The molecule has 0 saturated heterocycles. The quantitative estimate of drug-likeness (QED) is 0.0702. The van der Waals surface area contributed by atoms with Gasteiger partial charge in [-0.05, 0) is 13.8 Å². The number of rotatable bonds is 14. The molecule has 3 rings (SSSR count). The molecule has 4 atom stereocenters. The van der Waals surface area contributed by atoms with Crippen molar-refractivity contribution in [3.05, 3.63) is 51.4 Å². The topological polar surface area (TPSA) is 291 Å². The molecule has 0 saturated carbocycles. The predicted octanol–water partition coefficient (Wildman–Crippen LogP) is -7.09. The first-order valence-corrected chi connectivity index (χ1v) is 12.1. The van der Waals surface area contributed by atoms with Crippen molar-refractivity contribution in [3.63, 3.8) is 0 Å². The Hall–Kier alpha value is -2.70. The number of nitro groups is 1. The molecule has 0 fully saturated rings. The molecular weight excluding hydrogens is 636 g/mol. The number of carbonyl (C=O) groups excluding carboxylic acids is 2. The van der Waals surface area contributed by atoms with Gasteiger partial charge in [0.05, 0.1) is 80.1 Å². The number of benzene rings is 1. The van der Waals surface area contributed by atoms with Crippen LogP contribution in [-0.4, -0.2) is 74.7 Å². The van der Waals surface area contributed by atoms with Crippen molar-refractivity contribution in [1.29, 1.82) is 10.5 Å². The van der Waals surface area contributed by atoms with Gasteiger partial charge in [-0.1, -0.05) is 12.1 Å². The molecule has 21 heteroatoms. The second-order valence-electron chi connectivity index (χ2n) is 8.55. The summed E-state index contributed by atoms with van der Waals surface area (Å²) in [5, 5.41) is 64.1. The van der Waals surface area contributed by atoms with Crippen molar-refractivity contribution >= 4 is 17.6 Å². The largest absolute Gasteiger partial charge is 1.00 e. The maximum absolute atomic E-state index is 11.5. The number of nitrogens with zero attached hydrogens (tertiary/aromatic N) is 7. The molecule has 2 aromatic heterocycles. The minimum absolute atomic E-state index is 0. The number of hydrogen-bond donors (Lipinski definition) is 2. The fourth-order valence-corrected chi connectivity index (χ4v) is 3.60. The van der Waals surface area contributed by atoms with E-state index < -0.39 is 40.5 Å². The fraction of sp³-hybridized carbons (Fsp3) is 0.417. The summed E-state index contributed by atoms with van der Waals surface area (Å²) in [6.45, 7) is 2.68. The molecule has 0 bridgehead atoms. The first-order valence-electron chi connectivity index (χ1n) is 12.1. The van der Waals surface area contributed by atoms with Crippen LogP contribution in [0.3, 0.4) is 0 Å². The molecule has 0 spiro atoms. The van der Waals surface area contributed by atoms with Gasteiger partial charge in [0, 0.05) is 17.2 Å². The summed E-state index contributed by atoms with van der Waals surface area (Å²) in [6, 6.07) is 7.99. The standard InChI is InChI=1S/C15H15N5O6.C9H12N4O4.K.Na/c1-8-3-4-9(5-11(8)20(23)24)13-17-14(19-18-13)12(15(21)22)10(6-16)7-26-25-2;1-5-11-8(13-12-5)7(9(14)15)6(3-10)4-17-16-2;;/h3-5,10,12H,7H2,1-2H3,(H,21,22)(H,17,18,19);6-7H,4H2,1-2H3,(H,14,15)(H,11,12,13);;/q;;2*+1/p-2. The van der Waals surface area contributed by atoms with Crippen LogP contribution in [0.2, 0.25) is 0 Å². The molecule has 0 amide bonds. The van der Waals surface area contributed by atoms with Gasteiger partial charge in [-0.3, -0.25) is 20.3 Å². The van der Waals surface area contributed by atoms with Crippen LogP contribution < -0.4 is 91.2 Å². The van der Waals surface area contributed by atoms with Crippen LogP contribution in [0, 0.1) is 58.5 Å². The zero-order valence-corrected chi connectivity index (χ0v) is 30.3. The molecular formula is C24H25KN9NaO10. The van der Waals surface area contributed by atoms with Crippen LogP contribution in [0.5, 0.6) is 0 Å². The van der Waals surface area contributed by atoms with E-state index in [9.17, 15) is 35.2 Å². The Bertz CT molecular complexity index is 1510. The van der Waals surface area contributed by atoms with Crippen molar-refractivity contribution in [2.24, 2.45) is 11.8 Å². The van der Waals surface area contributed by atoms with Gasteiger partial charge in [-0.15, -0.1) is 0 Å². The first-order chi connectivity index (χ1) is 20.5. The number of aromatic nitrogens is 6. The summed E-state index contributed by atoms with van der Waals surface area (Å²) < 4.78 is 0. The van der Waals surface area contributed by atoms with E-state index in [1.54, 1.807) is 32.1 Å². The normalized spacial score (nSPS) is 12.8. The Labute approximate surface area is 320 Å². The number of nitriles is 2. The number of carboxylic acids is 2. The van der Waals surface area contributed by atoms with Crippen LogP contribution in [0.25, 0.3) is 11.4 Å². The summed E-state index contributed by atoms with van der Waals surface area (Å²) in [7, 11) is 2.48. The van der Waals surface area contributed by atoms with Gasteiger partial charge in [0.25, 0.3) is 5.69 Å². The third-order valence-electron chi connectivity index (χ3n) is 5.73. The zero-order chi connectivity index (χ0) is 32.1. The molecule has 2 heterocycles. The molecule has 0 aliphatic heterocycles. The van der Waals surface area contributed by atoms with Gasteiger partial charge in [0.1, 0.15) is 11.6 Å². The van der Waals surface area contributed by atoms with Crippen molar-refractivity contribution in [2.45, 2.75) is 25.7 Å². The molecule has 4 unspecified atom stereocenters. The van der Waals surface area contributed by atoms with Gasteiger partial charge >= 0.3 is 80.9 Å². The summed E-state index contributed by atoms with van der Waals surface area (Å²) >= 11 is 0. The number of nitrogens with one attached hydrogen (secondary N) is 2. The van der Waals surface area contributed by atoms with E-state index in [0.717, 1.165) is 0 Å². The summed E-state index contributed by atoms with van der Waals surface area (Å²) in [5.74, 6) is -7.46. The number of hydrogen-bond acceptors (Lipinski definition) is 16. The fourth-order valence-electron chi connectivity index (χ4n) is 3.60. The second kappa shape index (κ2) is 21.2. The molecule has 3 aromatic rings. The number of carboxylic acid groups (broad SMARTS) is 2. The number of aryl methyl sites for hydroxylation is 2. The average molecular weight is 662 g/mol. The maximum Gasteiger partial charge on any atom is 1.00 e. The smallest absolute Gasteiger partial charge is 0.549 e. The Morgan fingerprint density at radius 2 is 1.51 bits per heavy atom. The summed E-state index contributed by atoms with van der Waals surface area (Å²) in [6.07, 6.45) is 0. The number of nitro benzene ring substituents is 1. The van der Waals surface area contributed by atoms with E-state index in [2.05, 4.69) is 49.9 Å². The van der Waals surface area contributed by atoms with Crippen LogP contribution >= 0.6 is 0 Å². The van der Waals surface area contributed by atoms with Crippen LogP contribution in [0.15, 0.2) is 18.2 Å². The first kappa shape index (κ1) is 42.3. The van der Waals surface area contributed by atoms with Gasteiger partial charge in [0.2, 0.25) is 0 Å². The maximum atomic E-state index is 11.5. The Morgan fingerprint density at radius 3 is 1.96 bits per heavy atom. The Kier molecular flexibility index (Phi) is 19.9. The summed E-state index contributed by atoms with van der Waals surface area (Å²) in [4.78, 5) is 58.8. The average Bonchev–Trinajstić information content (AvgIpc) is 3.62. The third kappa shape index (κ3) is 12.2. The second-order valence-corrected chi connectivity index (χ2v) is 8.55. The molecule has 0 aliphatic carbocycles. The van der Waals surface area contributed by atoms with Gasteiger partial charge in [-0.2, -0.15) is 20.7 Å². The molecule has 2 N–H and O–H groups in total. The van der Waals surface area contributed by atoms with Crippen molar-refractivity contribution < 1.29 is 125 Å². The Balaban J connectivity index is 0.000000892. The van der Waals surface area contributed by atoms with E-state index in [0.29, 0.717) is 17.0 Å². The van der Waals surface area contributed by atoms with Crippen LogP contribution in [0.1, 0.15) is 34.9 Å². The molecule has 0 radical (unpaired) electrons. The molecule has 228 valence electrons. The number of H-pyrrole nitrogens is 2. The SMILES string of the molecule is COOCC(C#N)C(C(=O)[O-])c1n[nH]c(C)n1.COOCC(C#N)C(C(=O)[O-])c1nc(-c2ccc(C)c([N+](=O)[O-])c2)n[nH]1.[K+].[Na+]. The van der Waals surface area contributed by atoms with Gasteiger partial charge in [-0.25, -0.2) is 29.5 Å². The number of carbonyl (C=O) groups is 2. The molecule has 19 nitrogen and oxygen atoms in total. The zero-order valence-electron chi connectivity index (χ0n) is 25.2. The van der Waals surface area contributed by atoms with E-state index in [1.165, 1.54) is 26.4 Å².